The molecule has 2 aromatic rings. The number of hydrogen-bond acceptors (Lipinski definition) is 4. The number of aryl methyl sites for hydroxylation is 1. The number of carboxylic acid groups (broad SMARTS) is 1. The van der Waals surface area contributed by atoms with Crippen LogP contribution in [0.4, 0.5) is 0 Å². The molecule has 1 aliphatic rings. The van der Waals surface area contributed by atoms with Crippen molar-refractivity contribution in [2.45, 2.75) is 6.92 Å². The van der Waals surface area contributed by atoms with Gasteiger partial charge in [0, 0.05) is 11.5 Å². The van der Waals surface area contributed by atoms with Crippen LogP contribution < -0.4 is 15.0 Å². The summed E-state index contributed by atoms with van der Waals surface area (Å²) in [5, 5.41) is 9.71. The summed E-state index contributed by atoms with van der Waals surface area (Å²) in [5.41, 5.74) is 0.0957. The van der Waals surface area contributed by atoms with Gasteiger partial charge in [-0.25, -0.2) is 4.79 Å². The normalized spacial score (nSPS) is 13.5. The number of aromatic nitrogens is 1. The van der Waals surface area contributed by atoms with Gasteiger partial charge in [-0.2, -0.15) is 0 Å². The Hall–Kier alpha value is -2.50. The molecule has 0 saturated heterocycles. The van der Waals surface area contributed by atoms with Crippen molar-refractivity contribution in [1.82, 2.24) is 4.98 Å². The highest BCUT2D eigenvalue weighted by atomic mass is 16.6. The second kappa shape index (κ2) is 4.01. The van der Waals surface area contributed by atoms with E-state index in [-0.39, 0.29) is 5.56 Å². The molecular formula is C13H11NO5. The maximum atomic E-state index is 11.8. The van der Waals surface area contributed by atoms with E-state index in [4.69, 9.17) is 14.6 Å². The van der Waals surface area contributed by atoms with Crippen molar-refractivity contribution >= 4 is 16.9 Å². The molecule has 0 atom stereocenters. The number of hydrogen-bond donors (Lipinski definition) is 2. The molecule has 0 aliphatic carbocycles. The highest BCUT2D eigenvalue weighted by Gasteiger charge is 2.19. The molecule has 19 heavy (non-hydrogen) atoms. The first-order chi connectivity index (χ1) is 9.08. The van der Waals surface area contributed by atoms with Gasteiger partial charge in [-0.1, -0.05) is 0 Å². The molecule has 2 N–H and O–H groups in total. The highest BCUT2D eigenvalue weighted by Crippen LogP contribution is 2.34. The Bertz CT molecular complexity index is 747. The van der Waals surface area contributed by atoms with Gasteiger partial charge in [0.1, 0.15) is 18.8 Å². The summed E-state index contributed by atoms with van der Waals surface area (Å²) >= 11 is 0. The minimum atomic E-state index is -1.24. The first-order valence-corrected chi connectivity index (χ1v) is 5.77. The summed E-state index contributed by atoms with van der Waals surface area (Å²) in [6.45, 7) is 2.51. The molecule has 2 heterocycles. The fraction of sp³-hybridized carbons (Fsp3) is 0.231. The number of carbonyl (C=O) groups is 1. The van der Waals surface area contributed by atoms with Crippen molar-refractivity contribution in [3.8, 4) is 11.5 Å². The van der Waals surface area contributed by atoms with Crippen LogP contribution in [0.1, 0.15) is 15.9 Å². The summed E-state index contributed by atoms with van der Waals surface area (Å²) in [4.78, 5) is 25.4. The Morgan fingerprint density at radius 2 is 1.89 bits per heavy atom. The molecule has 0 unspecified atom stereocenters. The number of pyridine rings is 1. The number of ether oxygens (including phenoxy) is 2. The van der Waals surface area contributed by atoms with E-state index < -0.39 is 11.5 Å². The lowest BCUT2D eigenvalue weighted by Crippen LogP contribution is -2.20. The van der Waals surface area contributed by atoms with Crippen molar-refractivity contribution in [3.05, 3.63) is 33.6 Å². The van der Waals surface area contributed by atoms with Crippen LogP contribution in [-0.2, 0) is 0 Å². The van der Waals surface area contributed by atoms with Gasteiger partial charge in [0.2, 0.25) is 0 Å². The molecule has 0 saturated carbocycles. The zero-order valence-electron chi connectivity index (χ0n) is 10.1. The van der Waals surface area contributed by atoms with E-state index in [1.165, 1.54) is 0 Å². The summed E-state index contributed by atoms with van der Waals surface area (Å²) in [5.74, 6) is -0.127. The number of aromatic amines is 1. The van der Waals surface area contributed by atoms with Crippen LogP contribution in [-0.4, -0.2) is 29.3 Å². The molecule has 0 fully saturated rings. The Morgan fingerprint density at radius 3 is 2.53 bits per heavy atom. The van der Waals surface area contributed by atoms with Gasteiger partial charge in [-0.3, -0.25) is 4.79 Å². The van der Waals surface area contributed by atoms with Crippen LogP contribution >= 0.6 is 0 Å². The molecule has 3 rings (SSSR count). The van der Waals surface area contributed by atoms with E-state index in [0.29, 0.717) is 41.2 Å². The molecule has 1 aromatic heterocycles. The third-order valence-corrected chi connectivity index (χ3v) is 3.15. The van der Waals surface area contributed by atoms with Crippen LogP contribution in [0.3, 0.4) is 0 Å². The molecule has 0 spiro atoms. The molecular weight excluding hydrogens is 250 g/mol. The lowest BCUT2D eigenvalue weighted by molar-refractivity contribution is 0.0694. The van der Waals surface area contributed by atoms with Crippen molar-refractivity contribution in [3.63, 3.8) is 0 Å². The topological polar surface area (TPSA) is 88.6 Å². The van der Waals surface area contributed by atoms with E-state index in [1.807, 2.05) is 0 Å². The largest absolute Gasteiger partial charge is 0.486 e. The van der Waals surface area contributed by atoms with Crippen molar-refractivity contribution < 1.29 is 19.4 Å². The van der Waals surface area contributed by atoms with Gasteiger partial charge < -0.3 is 19.6 Å². The van der Waals surface area contributed by atoms with Gasteiger partial charge in [0.25, 0.3) is 5.56 Å². The Morgan fingerprint density at radius 1 is 1.26 bits per heavy atom. The number of benzene rings is 1. The lowest BCUT2D eigenvalue weighted by Gasteiger charge is -2.19. The number of aromatic carboxylic acids is 1. The third kappa shape index (κ3) is 1.72. The van der Waals surface area contributed by atoms with Gasteiger partial charge >= 0.3 is 5.97 Å². The lowest BCUT2D eigenvalue weighted by atomic mass is 10.0. The fourth-order valence-corrected chi connectivity index (χ4v) is 2.25. The van der Waals surface area contributed by atoms with Crippen molar-refractivity contribution in [2.75, 3.05) is 13.2 Å². The predicted octanol–water partition coefficient (Wildman–Crippen LogP) is 1.31. The number of nitrogens with one attached hydrogen (secondary N) is 1. The van der Waals surface area contributed by atoms with Gasteiger partial charge in [0.05, 0.1) is 5.52 Å². The van der Waals surface area contributed by atoms with E-state index in [1.54, 1.807) is 19.1 Å². The maximum Gasteiger partial charge on any atom is 0.341 e. The molecule has 0 radical (unpaired) electrons. The van der Waals surface area contributed by atoms with Crippen LogP contribution in [0.5, 0.6) is 11.5 Å². The second-order valence-electron chi connectivity index (χ2n) is 4.30. The van der Waals surface area contributed by atoms with Gasteiger partial charge in [-0.15, -0.1) is 0 Å². The van der Waals surface area contributed by atoms with Gasteiger partial charge in [-0.05, 0) is 18.6 Å². The number of carboxylic acids is 1. The molecule has 98 valence electrons. The van der Waals surface area contributed by atoms with Crippen LogP contribution in [0.15, 0.2) is 16.9 Å². The quantitative estimate of drug-likeness (QED) is 0.807. The minimum absolute atomic E-state index is 0.246. The molecule has 6 nitrogen and oxygen atoms in total. The first-order valence-electron chi connectivity index (χ1n) is 5.77. The van der Waals surface area contributed by atoms with Crippen molar-refractivity contribution in [1.29, 1.82) is 0 Å². The summed E-state index contributed by atoms with van der Waals surface area (Å²) < 4.78 is 10.9. The van der Waals surface area contributed by atoms with Gasteiger partial charge in [0.15, 0.2) is 11.5 Å². The van der Waals surface area contributed by atoms with E-state index >= 15 is 0 Å². The minimum Gasteiger partial charge on any atom is -0.486 e. The zero-order chi connectivity index (χ0) is 13.6. The SMILES string of the molecule is Cc1c(C(=O)O)c(=O)[nH]c2cc3c(cc12)OCCO3. The molecule has 1 aromatic carbocycles. The second-order valence-corrected chi connectivity index (χ2v) is 4.30. The van der Waals surface area contributed by atoms with Crippen molar-refractivity contribution in [2.24, 2.45) is 0 Å². The first kappa shape index (κ1) is 11.6. The smallest absolute Gasteiger partial charge is 0.341 e. The molecule has 1 aliphatic heterocycles. The Labute approximate surface area is 107 Å². The summed E-state index contributed by atoms with van der Waals surface area (Å²) in [7, 11) is 0. The fourth-order valence-electron chi connectivity index (χ4n) is 2.25. The maximum absolute atomic E-state index is 11.8. The molecule has 0 amide bonds. The molecule has 0 bridgehead atoms. The summed E-state index contributed by atoms with van der Waals surface area (Å²) in [6, 6.07) is 3.35. The van der Waals surface area contributed by atoms with E-state index in [0.717, 1.165) is 0 Å². The monoisotopic (exact) mass is 261 g/mol. The molecule has 6 heteroatoms. The third-order valence-electron chi connectivity index (χ3n) is 3.15. The van der Waals surface area contributed by atoms with E-state index in [2.05, 4.69) is 4.98 Å². The Kier molecular flexibility index (Phi) is 2.45. The number of rotatable bonds is 1. The number of fused-ring (bicyclic) bond motifs is 2. The predicted molar refractivity (Wildman–Crippen MR) is 67.3 cm³/mol. The van der Waals surface area contributed by atoms with Crippen LogP contribution in [0.2, 0.25) is 0 Å². The van der Waals surface area contributed by atoms with Crippen LogP contribution in [0, 0.1) is 6.92 Å². The van der Waals surface area contributed by atoms with E-state index in [9.17, 15) is 9.59 Å². The Balaban J connectivity index is 2.37. The number of H-pyrrole nitrogens is 1. The van der Waals surface area contributed by atoms with Crippen LogP contribution in [0.25, 0.3) is 10.9 Å². The average molecular weight is 261 g/mol. The summed E-state index contributed by atoms with van der Waals surface area (Å²) in [6.07, 6.45) is 0. The average Bonchev–Trinajstić information content (AvgIpc) is 2.36. The highest BCUT2D eigenvalue weighted by molar-refractivity contribution is 5.96. The zero-order valence-corrected chi connectivity index (χ0v) is 10.1. The standard InChI is InChI=1S/C13H11NO5/c1-6-7-4-9-10(19-3-2-18-9)5-8(7)14-12(15)11(6)13(16)17/h4-5H,2-3H2,1H3,(H,14,15)(H,16,17).